The third-order valence-electron chi connectivity index (χ3n) is 3.91. The van der Waals surface area contributed by atoms with Crippen LogP contribution in [0.4, 0.5) is 4.39 Å². The van der Waals surface area contributed by atoms with Gasteiger partial charge in [-0.25, -0.2) is 4.39 Å². The molecule has 0 amide bonds. The number of nitrogens with two attached hydrogens (primary N) is 1. The predicted molar refractivity (Wildman–Crippen MR) is 75.9 cm³/mol. The number of halogens is 3. The van der Waals surface area contributed by atoms with Crippen LogP contribution in [-0.2, 0) is 0 Å². The lowest BCUT2D eigenvalue weighted by molar-refractivity contribution is 0.0608. The normalized spacial score (nSPS) is 20.3. The smallest absolute Gasteiger partial charge is 0.148 e. The predicted octanol–water partition coefficient (Wildman–Crippen LogP) is 4.07. The Bertz CT molecular complexity index is 449. The quantitative estimate of drug-likeness (QED) is 0.827. The van der Waals surface area contributed by atoms with Crippen LogP contribution in [0.2, 0.25) is 10.0 Å². The molecule has 2 atom stereocenters. The second-order valence-corrected chi connectivity index (χ2v) is 5.99. The summed E-state index contributed by atoms with van der Waals surface area (Å²) in [5, 5.41) is 10.5. The Kier molecular flexibility index (Phi) is 5.07. The number of hydrogen-bond acceptors (Lipinski definition) is 2. The molecule has 19 heavy (non-hydrogen) atoms. The van der Waals surface area contributed by atoms with E-state index in [1.165, 1.54) is 18.6 Å². The van der Waals surface area contributed by atoms with Gasteiger partial charge in [0, 0.05) is 10.6 Å². The molecule has 0 bridgehead atoms. The van der Waals surface area contributed by atoms with Crippen molar-refractivity contribution in [3.8, 4) is 0 Å². The molecule has 0 unspecified atom stereocenters. The molecule has 1 aliphatic carbocycles. The second kappa shape index (κ2) is 6.40. The molecule has 0 saturated heterocycles. The first-order chi connectivity index (χ1) is 9.02. The van der Waals surface area contributed by atoms with Gasteiger partial charge in [0.05, 0.1) is 17.2 Å². The van der Waals surface area contributed by atoms with Gasteiger partial charge < -0.3 is 10.8 Å². The van der Waals surface area contributed by atoms with E-state index in [4.69, 9.17) is 28.9 Å². The van der Waals surface area contributed by atoms with E-state index in [0.29, 0.717) is 0 Å². The van der Waals surface area contributed by atoms with Gasteiger partial charge in [-0.3, -0.25) is 0 Å². The average Bonchev–Trinajstić information content (AvgIpc) is 2.43. The lowest BCUT2D eigenvalue weighted by Gasteiger charge is -2.31. The zero-order chi connectivity index (χ0) is 14.0. The molecule has 2 rings (SSSR count). The van der Waals surface area contributed by atoms with Gasteiger partial charge in [0.25, 0.3) is 0 Å². The molecule has 0 spiro atoms. The molecule has 1 aromatic carbocycles. The molecule has 2 nitrogen and oxygen atoms in total. The zero-order valence-electron chi connectivity index (χ0n) is 10.6. The summed E-state index contributed by atoms with van der Waals surface area (Å²) < 4.78 is 14.0. The van der Waals surface area contributed by atoms with E-state index < -0.39 is 18.0 Å². The SMILES string of the molecule is N[C@@H](c1c(Cl)ccc(Cl)c1F)[C@H](O)C1CCCCC1. The lowest BCUT2D eigenvalue weighted by atomic mass is 9.81. The van der Waals surface area contributed by atoms with Crippen molar-refractivity contribution in [1.82, 2.24) is 0 Å². The standard InChI is InChI=1S/C14H18Cl2FNO/c15-9-6-7-10(16)12(17)11(9)13(18)14(19)8-4-2-1-3-5-8/h6-8,13-14,19H,1-5,18H2/t13-,14+/m0/s1. The number of aliphatic hydroxyl groups is 1. The van der Waals surface area contributed by atoms with Crippen LogP contribution in [-0.4, -0.2) is 11.2 Å². The van der Waals surface area contributed by atoms with Crippen LogP contribution in [0.15, 0.2) is 12.1 Å². The molecule has 0 aromatic heterocycles. The first-order valence-corrected chi connectivity index (χ1v) is 7.35. The van der Waals surface area contributed by atoms with E-state index in [1.807, 2.05) is 0 Å². The van der Waals surface area contributed by atoms with Gasteiger partial charge in [0.2, 0.25) is 0 Å². The van der Waals surface area contributed by atoms with E-state index in [-0.39, 0.29) is 21.5 Å². The fraction of sp³-hybridized carbons (Fsp3) is 0.571. The van der Waals surface area contributed by atoms with Crippen molar-refractivity contribution < 1.29 is 9.50 Å². The molecule has 0 heterocycles. The van der Waals surface area contributed by atoms with Gasteiger partial charge in [-0.2, -0.15) is 0 Å². The van der Waals surface area contributed by atoms with Crippen LogP contribution in [0.25, 0.3) is 0 Å². The molecule has 1 saturated carbocycles. The van der Waals surface area contributed by atoms with Gasteiger partial charge in [0.15, 0.2) is 0 Å². The van der Waals surface area contributed by atoms with Gasteiger partial charge >= 0.3 is 0 Å². The minimum atomic E-state index is -0.839. The van der Waals surface area contributed by atoms with Crippen molar-refractivity contribution in [2.75, 3.05) is 0 Å². The van der Waals surface area contributed by atoms with Crippen LogP contribution in [0.3, 0.4) is 0 Å². The molecule has 1 fully saturated rings. The number of benzene rings is 1. The summed E-state index contributed by atoms with van der Waals surface area (Å²) in [6.07, 6.45) is 4.42. The molecule has 3 N–H and O–H groups in total. The van der Waals surface area contributed by atoms with Crippen LogP contribution < -0.4 is 5.73 Å². The van der Waals surface area contributed by atoms with E-state index >= 15 is 0 Å². The Hall–Kier alpha value is -0.350. The van der Waals surface area contributed by atoms with Gasteiger partial charge in [-0.05, 0) is 30.9 Å². The third-order valence-corrected chi connectivity index (χ3v) is 4.54. The van der Waals surface area contributed by atoms with E-state index in [2.05, 4.69) is 0 Å². The maximum atomic E-state index is 14.0. The first kappa shape index (κ1) is 15.0. The minimum absolute atomic E-state index is 0.0225. The molecule has 0 aliphatic heterocycles. The summed E-state index contributed by atoms with van der Waals surface area (Å²) in [7, 11) is 0. The molecule has 0 radical (unpaired) electrons. The summed E-state index contributed by atoms with van der Waals surface area (Å²) in [6.45, 7) is 0. The topological polar surface area (TPSA) is 46.2 Å². The molecule has 1 aliphatic rings. The number of rotatable bonds is 3. The highest BCUT2D eigenvalue weighted by Crippen LogP contribution is 2.36. The van der Waals surface area contributed by atoms with Crippen LogP contribution in [0.1, 0.15) is 43.7 Å². The number of hydrogen-bond donors (Lipinski definition) is 2. The summed E-state index contributed by atoms with van der Waals surface area (Å²) in [6, 6.07) is 2.06. The fourth-order valence-electron chi connectivity index (χ4n) is 2.79. The summed E-state index contributed by atoms with van der Waals surface area (Å²) in [5.41, 5.74) is 6.12. The Morgan fingerprint density at radius 2 is 1.74 bits per heavy atom. The fourth-order valence-corrected chi connectivity index (χ4v) is 3.22. The highest BCUT2D eigenvalue weighted by molar-refractivity contribution is 6.33. The zero-order valence-corrected chi connectivity index (χ0v) is 12.1. The van der Waals surface area contributed by atoms with Gasteiger partial charge in [-0.15, -0.1) is 0 Å². The monoisotopic (exact) mass is 305 g/mol. The lowest BCUT2D eigenvalue weighted by Crippen LogP contribution is -2.35. The summed E-state index contributed by atoms with van der Waals surface area (Å²) in [4.78, 5) is 0. The molecular weight excluding hydrogens is 288 g/mol. The van der Waals surface area contributed by atoms with Crippen molar-refractivity contribution >= 4 is 23.2 Å². The van der Waals surface area contributed by atoms with Crippen molar-refractivity contribution in [2.45, 2.75) is 44.2 Å². The Morgan fingerprint density at radius 1 is 1.16 bits per heavy atom. The Morgan fingerprint density at radius 3 is 2.37 bits per heavy atom. The maximum absolute atomic E-state index is 14.0. The minimum Gasteiger partial charge on any atom is -0.391 e. The molecule has 106 valence electrons. The second-order valence-electron chi connectivity index (χ2n) is 5.17. The van der Waals surface area contributed by atoms with E-state index in [9.17, 15) is 9.50 Å². The largest absolute Gasteiger partial charge is 0.391 e. The van der Waals surface area contributed by atoms with Crippen LogP contribution in [0.5, 0.6) is 0 Å². The van der Waals surface area contributed by atoms with Crippen molar-refractivity contribution in [3.05, 3.63) is 33.6 Å². The maximum Gasteiger partial charge on any atom is 0.148 e. The Balaban J connectivity index is 2.23. The third kappa shape index (κ3) is 3.22. The van der Waals surface area contributed by atoms with E-state index in [1.54, 1.807) is 0 Å². The molecule has 5 heteroatoms. The van der Waals surface area contributed by atoms with E-state index in [0.717, 1.165) is 25.7 Å². The summed E-state index contributed by atoms with van der Waals surface area (Å²) >= 11 is 11.7. The highest BCUT2D eigenvalue weighted by Gasteiger charge is 2.31. The van der Waals surface area contributed by atoms with Gasteiger partial charge in [-0.1, -0.05) is 42.5 Å². The molecule has 1 aromatic rings. The first-order valence-electron chi connectivity index (χ1n) is 6.59. The number of aliphatic hydroxyl groups excluding tert-OH is 1. The van der Waals surface area contributed by atoms with Crippen molar-refractivity contribution in [1.29, 1.82) is 0 Å². The summed E-state index contributed by atoms with van der Waals surface area (Å²) in [5.74, 6) is -0.519. The molecular formula is C14H18Cl2FNO. The van der Waals surface area contributed by atoms with Crippen molar-refractivity contribution in [3.63, 3.8) is 0 Å². The van der Waals surface area contributed by atoms with Crippen molar-refractivity contribution in [2.24, 2.45) is 11.7 Å². The Labute approximate surface area is 122 Å². The van der Waals surface area contributed by atoms with Gasteiger partial charge in [0.1, 0.15) is 5.82 Å². The van der Waals surface area contributed by atoms with Crippen LogP contribution in [0, 0.1) is 11.7 Å². The average molecular weight is 306 g/mol. The highest BCUT2D eigenvalue weighted by atomic mass is 35.5. The van der Waals surface area contributed by atoms with Crippen LogP contribution >= 0.6 is 23.2 Å².